The summed E-state index contributed by atoms with van der Waals surface area (Å²) in [6, 6.07) is 0. The molecule has 1 saturated carbocycles. The molecule has 1 aliphatic carbocycles. The Morgan fingerprint density at radius 1 is 1.11 bits per heavy atom. The van der Waals surface area contributed by atoms with Gasteiger partial charge in [-0.25, -0.2) is 0 Å². The van der Waals surface area contributed by atoms with E-state index in [4.69, 9.17) is 0 Å². The number of rotatable bonds is 0. The molecular weight excluding hydrogens is 110 g/mol. The number of nitrogens with one attached hydrogen (secondary N) is 1. The summed E-state index contributed by atoms with van der Waals surface area (Å²) >= 11 is 0. The minimum Gasteiger partial charge on any atom is -0.323 e. The van der Waals surface area contributed by atoms with Crippen LogP contribution in [0, 0.1) is 5.92 Å². The molecule has 0 aliphatic heterocycles. The van der Waals surface area contributed by atoms with E-state index in [0.717, 1.165) is 5.92 Å². The van der Waals surface area contributed by atoms with E-state index in [2.05, 4.69) is 12.2 Å². The van der Waals surface area contributed by atoms with Gasteiger partial charge in [-0.3, -0.25) is 0 Å². The van der Waals surface area contributed by atoms with Crippen LogP contribution in [0.4, 0.5) is 0 Å². The van der Waals surface area contributed by atoms with Crippen molar-refractivity contribution in [3.8, 4) is 0 Å². The lowest BCUT2D eigenvalue weighted by molar-refractivity contribution is 0.612. The van der Waals surface area contributed by atoms with Gasteiger partial charge in [0.1, 0.15) is 0 Å². The van der Waals surface area contributed by atoms with Gasteiger partial charge in [0, 0.05) is 0 Å². The summed E-state index contributed by atoms with van der Waals surface area (Å²) in [6.45, 7) is 2.34. The van der Waals surface area contributed by atoms with Gasteiger partial charge in [0.15, 0.2) is 0 Å². The molecule has 0 aromatic rings. The molecule has 0 heterocycles. The molecule has 1 rings (SSSR count). The Labute approximate surface area is 58.8 Å². The van der Waals surface area contributed by atoms with Gasteiger partial charge in [0.05, 0.1) is 0 Å². The van der Waals surface area contributed by atoms with Gasteiger partial charge in [0.25, 0.3) is 0 Å². The van der Waals surface area contributed by atoms with E-state index < -0.39 is 0 Å². The van der Waals surface area contributed by atoms with Crippen molar-refractivity contribution in [1.29, 1.82) is 0 Å². The SMILES string of the molecule is CC1CCCC1.CNC. The highest BCUT2D eigenvalue weighted by Gasteiger charge is 2.07. The molecule has 0 amide bonds. The Morgan fingerprint density at radius 2 is 1.44 bits per heavy atom. The van der Waals surface area contributed by atoms with Crippen LogP contribution < -0.4 is 5.32 Å². The molecule has 0 aromatic carbocycles. The highest BCUT2D eigenvalue weighted by Crippen LogP contribution is 2.22. The van der Waals surface area contributed by atoms with Crippen LogP contribution in [0.3, 0.4) is 0 Å². The zero-order valence-corrected chi connectivity index (χ0v) is 6.91. The molecule has 1 nitrogen and oxygen atoms in total. The fourth-order valence-corrected chi connectivity index (χ4v) is 1.13. The van der Waals surface area contributed by atoms with E-state index in [1.807, 2.05) is 14.1 Å². The summed E-state index contributed by atoms with van der Waals surface area (Å²) in [5.41, 5.74) is 0. The molecule has 9 heavy (non-hydrogen) atoms. The van der Waals surface area contributed by atoms with Gasteiger partial charge in [-0.2, -0.15) is 0 Å². The van der Waals surface area contributed by atoms with E-state index >= 15 is 0 Å². The zero-order valence-electron chi connectivity index (χ0n) is 6.91. The van der Waals surface area contributed by atoms with Gasteiger partial charge in [0.2, 0.25) is 0 Å². The van der Waals surface area contributed by atoms with Crippen LogP contribution >= 0.6 is 0 Å². The predicted molar refractivity (Wildman–Crippen MR) is 42.6 cm³/mol. The van der Waals surface area contributed by atoms with Gasteiger partial charge in [-0.15, -0.1) is 0 Å². The maximum Gasteiger partial charge on any atom is -0.0167 e. The summed E-state index contributed by atoms with van der Waals surface area (Å²) in [6.07, 6.45) is 5.95. The summed E-state index contributed by atoms with van der Waals surface area (Å²) < 4.78 is 0. The Kier molecular flexibility index (Phi) is 6.06. The molecule has 0 aromatic heterocycles. The second kappa shape index (κ2) is 6.09. The molecule has 56 valence electrons. The Balaban J connectivity index is 0.000000187. The van der Waals surface area contributed by atoms with Crippen LogP contribution in [-0.4, -0.2) is 14.1 Å². The number of hydrogen-bond acceptors (Lipinski definition) is 1. The molecule has 0 saturated heterocycles. The van der Waals surface area contributed by atoms with Crippen LogP contribution in [0.25, 0.3) is 0 Å². The predicted octanol–water partition coefficient (Wildman–Crippen LogP) is 2.03. The highest BCUT2D eigenvalue weighted by molar-refractivity contribution is 4.60. The average molecular weight is 129 g/mol. The van der Waals surface area contributed by atoms with Gasteiger partial charge >= 0.3 is 0 Å². The lowest BCUT2D eigenvalue weighted by Crippen LogP contribution is -1.89. The van der Waals surface area contributed by atoms with E-state index in [9.17, 15) is 0 Å². The lowest BCUT2D eigenvalue weighted by Gasteiger charge is -1.91. The van der Waals surface area contributed by atoms with Gasteiger partial charge in [-0.05, 0) is 20.0 Å². The van der Waals surface area contributed by atoms with Crippen molar-refractivity contribution in [1.82, 2.24) is 5.32 Å². The molecule has 1 N–H and O–H groups in total. The van der Waals surface area contributed by atoms with Crippen LogP contribution in [-0.2, 0) is 0 Å². The van der Waals surface area contributed by atoms with Crippen LogP contribution in [0.5, 0.6) is 0 Å². The first kappa shape index (κ1) is 8.96. The smallest absolute Gasteiger partial charge is 0.0167 e. The van der Waals surface area contributed by atoms with Crippen molar-refractivity contribution in [3.05, 3.63) is 0 Å². The van der Waals surface area contributed by atoms with E-state index in [1.165, 1.54) is 25.7 Å². The molecule has 0 unspecified atom stereocenters. The quantitative estimate of drug-likeness (QED) is 0.527. The topological polar surface area (TPSA) is 12.0 Å². The minimum absolute atomic E-state index is 1.05. The normalized spacial score (nSPS) is 19.0. The van der Waals surface area contributed by atoms with E-state index in [-0.39, 0.29) is 0 Å². The maximum atomic E-state index is 2.75. The summed E-state index contributed by atoms with van der Waals surface area (Å²) in [7, 11) is 3.75. The zero-order chi connectivity index (χ0) is 7.11. The standard InChI is InChI=1S/C6H12.C2H7N/c1-6-4-2-3-5-6;1-3-2/h6H,2-5H2,1H3;3H,1-2H3. The highest BCUT2D eigenvalue weighted by atomic mass is 14.7. The van der Waals surface area contributed by atoms with Crippen LogP contribution in [0.15, 0.2) is 0 Å². The Morgan fingerprint density at radius 3 is 1.56 bits per heavy atom. The van der Waals surface area contributed by atoms with Crippen molar-refractivity contribution < 1.29 is 0 Å². The third-order valence-electron chi connectivity index (χ3n) is 1.64. The third-order valence-corrected chi connectivity index (χ3v) is 1.64. The van der Waals surface area contributed by atoms with Crippen molar-refractivity contribution in [2.75, 3.05) is 14.1 Å². The van der Waals surface area contributed by atoms with Crippen molar-refractivity contribution in [2.45, 2.75) is 32.6 Å². The van der Waals surface area contributed by atoms with Crippen molar-refractivity contribution >= 4 is 0 Å². The molecule has 1 heteroatoms. The van der Waals surface area contributed by atoms with E-state index in [0.29, 0.717) is 0 Å². The summed E-state index contributed by atoms with van der Waals surface area (Å²) in [5, 5.41) is 2.75. The van der Waals surface area contributed by atoms with E-state index in [1.54, 1.807) is 0 Å². The first-order valence-electron chi connectivity index (χ1n) is 3.89. The molecule has 0 bridgehead atoms. The van der Waals surface area contributed by atoms with Gasteiger partial charge in [-0.1, -0.05) is 32.6 Å². The fourth-order valence-electron chi connectivity index (χ4n) is 1.13. The fraction of sp³-hybridized carbons (Fsp3) is 1.00. The van der Waals surface area contributed by atoms with Gasteiger partial charge < -0.3 is 5.32 Å². The van der Waals surface area contributed by atoms with Crippen molar-refractivity contribution in [2.24, 2.45) is 5.92 Å². The first-order chi connectivity index (χ1) is 4.31. The molecule has 0 spiro atoms. The summed E-state index contributed by atoms with van der Waals surface area (Å²) in [4.78, 5) is 0. The van der Waals surface area contributed by atoms with Crippen LogP contribution in [0.2, 0.25) is 0 Å². The largest absolute Gasteiger partial charge is 0.323 e. The Bertz CT molecular complexity index is 46.5. The molecule has 1 aliphatic rings. The maximum absolute atomic E-state index is 2.75. The summed E-state index contributed by atoms with van der Waals surface area (Å²) in [5.74, 6) is 1.05. The number of hydrogen-bond donors (Lipinski definition) is 1. The average Bonchev–Trinajstić information content (AvgIpc) is 2.20. The second-order valence-electron chi connectivity index (χ2n) is 2.89. The molecule has 1 fully saturated rings. The third kappa shape index (κ3) is 5.84. The van der Waals surface area contributed by atoms with Crippen LogP contribution in [0.1, 0.15) is 32.6 Å². The Hall–Kier alpha value is -0.0400. The second-order valence-corrected chi connectivity index (χ2v) is 2.89. The first-order valence-corrected chi connectivity index (χ1v) is 3.89. The monoisotopic (exact) mass is 129 g/mol. The molecular formula is C8H19N. The molecule has 0 radical (unpaired) electrons. The molecule has 0 atom stereocenters. The minimum atomic E-state index is 1.05. The lowest BCUT2D eigenvalue weighted by atomic mass is 10.2. The van der Waals surface area contributed by atoms with Crippen molar-refractivity contribution in [3.63, 3.8) is 0 Å².